The first-order chi connectivity index (χ1) is 11.2. The Morgan fingerprint density at radius 1 is 0.739 bits per heavy atom. The van der Waals surface area contributed by atoms with Crippen LogP contribution in [0.1, 0.15) is 24.5 Å². The van der Waals surface area contributed by atoms with Crippen molar-refractivity contribution in [2.24, 2.45) is 0 Å². The quantitative estimate of drug-likeness (QED) is 0.521. The van der Waals surface area contributed by atoms with Crippen molar-refractivity contribution >= 4 is 0 Å². The van der Waals surface area contributed by atoms with Gasteiger partial charge in [-0.05, 0) is 41.7 Å². The molecule has 0 aromatic heterocycles. The predicted molar refractivity (Wildman–Crippen MR) is 96.0 cm³/mol. The van der Waals surface area contributed by atoms with Gasteiger partial charge in [-0.2, -0.15) is 0 Å². The van der Waals surface area contributed by atoms with Crippen molar-refractivity contribution in [2.45, 2.75) is 26.7 Å². The molecule has 0 saturated carbocycles. The molecular weight excluding hydrogens is 283 g/mol. The zero-order valence-electron chi connectivity index (χ0n) is 13.6. The summed E-state index contributed by atoms with van der Waals surface area (Å²) in [6, 6.07) is 21.8. The fraction of sp³-hybridized carbons (Fsp3) is 0.182. The standard InChI is InChI=1S/C22H21F/c1-3-4-17-7-11-18(12-8-17)20-13-14-21(22(23)15-20)19-9-5-16(2)6-10-19/h5-15H,3-4H2,1-2H3. The van der Waals surface area contributed by atoms with E-state index in [4.69, 9.17) is 0 Å². The molecular formula is C22H21F. The molecule has 1 heteroatoms. The Morgan fingerprint density at radius 2 is 1.35 bits per heavy atom. The molecule has 0 heterocycles. The molecule has 3 rings (SSSR count). The largest absolute Gasteiger partial charge is 0.206 e. The van der Waals surface area contributed by atoms with Gasteiger partial charge in [0, 0.05) is 5.56 Å². The zero-order chi connectivity index (χ0) is 16.2. The number of hydrogen-bond acceptors (Lipinski definition) is 0. The Balaban J connectivity index is 1.91. The molecule has 0 N–H and O–H groups in total. The molecule has 0 aliphatic carbocycles. The second-order valence-corrected chi connectivity index (χ2v) is 6.01. The monoisotopic (exact) mass is 304 g/mol. The normalized spacial score (nSPS) is 10.7. The van der Waals surface area contributed by atoms with Gasteiger partial charge in [-0.1, -0.05) is 79.6 Å². The van der Waals surface area contributed by atoms with Crippen LogP contribution in [0.5, 0.6) is 0 Å². The number of hydrogen-bond donors (Lipinski definition) is 0. The molecule has 3 aromatic carbocycles. The van der Waals surface area contributed by atoms with Crippen molar-refractivity contribution in [1.82, 2.24) is 0 Å². The van der Waals surface area contributed by atoms with Crippen LogP contribution in [-0.2, 0) is 6.42 Å². The minimum Gasteiger partial charge on any atom is -0.206 e. The zero-order valence-corrected chi connectivity index (χ0v) is 13.6. The van der Waals surface area contributed by atoms with Gasteiger partial charge in [-0.15, -0.1) is 0 Å². The van der Waals surface area contributed by atoms with Crippen molar-refractivity contribution < 1.29 is 4.39 Å². The summed E-state index contributed by atoms with van der Waals surface area (Å²) >= 11 is 0. The van der Waals surface area contributed by atoms with Crippen molar-refractivity contribution in [3.8, 4) is 22.3 Å². The summed E-state index contributed by atoms with van der Waals surface area (Å²) in [7, 11) is 0. The molecule has 0 nitrogen and oxygen atoms in total. The SMILES string of the molecule is CCCc1ccc(-c2ccc(-c3ccc(C)cc3)c(F)c2)cc1. The van der Waals surface area contributed by atoms with Gasteiger partial charge in [0.15, 0.2) is 0 Å². The summed E-state index contributed by atoms with van der Waals surface area (Å²) in [5.74, 6) is -0.177. The van der Waals surface area contributed by atoms with Gasteiger partial charge >= 0.3 is 0 Å². The molecule has 0 aliphatic heterocycles. The maximum Gasteiger partial charge on any atom is 0.131 e. The highest BCUT2D eigenvalue weighted by molar-refractivity contribution is 5.71. The van der Waals surface area contributed by atoms with Crippen molar-refractivity contribution in [3.05, 3.63) is 83.7 Å². The topological polar surface area (TPSA) is 0 Å². The van der Waals surface area contributed by atoms with Crippen molar-refractivity contribution in [1.29, 1.82) is 0 Å². The third kappa shape index (κ3) is 3.50. The lowest BCUT2D eigenvalue weighted by Gasteiger charge is -2.08. The van der Waals surface area contributed by atoms with E-state index in [1.54, 1.807) is 6.07 Å². The third-order valence-electron chi connectivity index (χ3n) is 4.16. The van der Waals surface area contributed by atoms with Crippen molar-refractivity contribution in [2.75, 3.05) is 0 Å². The average molecular weight is 304 g/mol. The summed E-state index contributed by atoms with van der Waals surface area (Å²) in [5.41, 5.74) is 6.04. The van der Waals surface area contributed by atoms with Crippen LogP contribution in [0.3, 0.4) is 0 Å². The van der Waals surface area contributed by atoms with Crippen LogP contribution in [0, 0.1) is 12.7 Å². The highest BCUT2D eigenvalue weighted by atomic mass is 19.1. The highest BCUT2D eigenvalue weighted by Crippen LogP contribution is 2.28. The van der Waals surface area contributed by atoms with Gasteiger partial charge in [0.25, 0.3) is 0 Å². The molecule has 0 fully saturated rings. The van der Waals surface area contributed by atoms with Gasteiger partial charge in [-0.25, -0.2) is 4.39 Å². The number of aryl methyl sites for hydroxylation is 2. The van der Waals surface area contributed by atoms with Crippen LogP contribution in [0.2, 0.25) is 0 Å². The maximum atomic E-state index is 14.5. The molecule has 0 unspecified atom stereocenters. The van der Waals surface area contributed by atoms with Crippen LogP contribution in [0.15, 0.2) is 66.7 Å². The van der Waals surface area contributed by atoms with E-state index >= 15 is 0 Å². The van der Waals surface area contributed by atoms with Gasteiger partial charge in [-0.3, -0.25) is 0 Å². The molecule has 0 atom stereocenters. The van der Waals surface area contributed by atoms with Gasteiger partial charge in [0.1, 0.15) is 5.82 Å². The molecule has 3 aromatic rings. The molecule has 0 aliphatic rings. The molecule has 0 radical (unpaired) electrons. The molecule has 23 heavy (non-hydrogen) atoms. The predicted octanol–water partition coefficient (Wildman–Crippen LogP) is 6.42. The summed E-state index contributed by atoms with van der Waals surface area (Å²) in [6.45, 7) is 4.21. The number of rotatable bonds is 4. The fourth-order valence-electron chi connectivity index (χ4n) is 2.81. The third-order valence-corrected chi connectivity index (χ3v) is 4.16. The second kappa shape index (κ2) is 6.78. The Hall–Kier alpha value is -2.41. The first-order valence-electron chi connectivity index (χ1n) is 8.13. The highest BCUT2D eigenvalue weighted by Gasteiger charge is 2.07. The lowest BCUT2D eigenvalue weighted by Crippen LogP contribution is -1.88. The van der Waals surface area contributed by atoms with E-state index in [9.17, 15) is 4.39 Å². The number of benzene rings is 3. The minimum absolute atomic E-state index is 0.177. The van der Waals surface area contributed by atoms with Crippen LogP contribution in [0.25, 0.3) is 22.3 Å². The number of halogens is 1. The second-order valence-electron chi connectivity index (χ2n) is 6.01. The Kier molecular flexibility index (Phi) is 4.57. The lowest BCUT2D eigenvalue weighted by atomic mass is 9.98. The minimum atomic E-state index is -0.177. The summed E-state index contributed by atoms with van der Waals surface area (Å²) in [4.78, 5) is 0. The van der Waals surface area contributed by atoms with E-state index in [0.717, 1.165) is 29.5 Å². The van der Waals surface area contributed by atoms with Crippen LogP contribution in [-0.4, -0.2) is 0 Å². The van der Waals surface area contributed by atoms with Gasteiger partial charge < -0.3 is 0 Å². The molecule has 0 bridgehead atoms. The maximum absolute atomic E-state index is 14.5. The molecule has 116 valence electrons. The fourth-order valence-corrected chi connectivity index (χ4v) is 2.81. The van der Waals surface area contributed by atoms with E-state index in [0.29, 0.717) is 5.56 Å². The molecule has 0 spiro atoms. The Labute approximate surface area is 137 Å². The summed E-state index contributed by atoms with van der Waals surface area (Å²) < 4.78 is 14.5. The van der Waals surface area contributed by atoms with E-state index < -0.39 is 0 Å². The smallest absolute Gasteiger partial charge is 0.131 e. The van der Waals surface area contributed by atoms with E-state index in [1.165, 1.54) is 11.1 Å². The molecule has 0 amide bonds. The van der Waals surface area contributed by atoms with Crippen molar-refractivity contribution in [3.63, 3.8) is 0 Å². The van der Waals surface area contributed by atoms with Crippen LogP contribution < -0.4 is 0 Å². The first kappa shape index (κ1) is 15.5. The van der Waals surface area contributed by atoms with E-state index in [2.05, 4.69) is 31.2 Å². The van der Waals surface area contributed by atoms with E-state index in [1.807, 2.05) is 43.3 Å². The molecule has 0 saturated heterocycles. The van der Waals surface area contributed by atoms with E-state index in [-0.39, 0.29) is 5.82 Å². The lowest BCUT2D eigenvalue weighted by molar-refractivity contribution is 0.632. The Bertz CT molecular complexity index is 783. The average Bonchev–Trinajstić information content (AvgIpc) is 2.57. The summed E-state index contributed by atoms with van der Waals surface area (Å²) in [6.07, 6.45) is 2.22. The Morgan fingerprint density at radius 3 is 1.96 bits per heavy atom. The van der Waals surface area contributed by atoms with Gasteiger partial charge in [0.2, 0.25) is 0 Å². The first-order valence-corrected chi connectivity index (χ1v) is 8.13. The summed E-state index contributed by atoms with van der Waals surface area (Å²) in [5, 5.41) is 0. The van der Waals surface area contributed by atoms with Crippen LogP contribution in [0.4, 0.5) is 4.39 Å². The van der Waals surface area contributed by atoms with Crippen LogP contribution >= 0.6 is 0 Å². The van der Waals surface area contributed by atoms with Gasteiger partial charge in [0.05, 0.1) is 0 Å².